The van der Waals surface area contributed by atoms with Crippen LogP contribution in [0.15, 0.2) is 5.16 Å². The summed E-state index contributed by atoms with van der Waals surface area (Å²) in [6.45, 7) is 4.68. The van der Waals surface area contributed by atoms with Crippen LogP contribution in [0, 0.1) is 11.8 Å². The van der Waals surface area contributed by atoms with Gasteiger partial charge in [-0.05, 0) is 18.8 Å². The maximum absolute atomic E-state index is 10.7. The zero-order valence-corrected chi connectivity index (χ0v) is 11.0. The van der Waals surface area contributed by atoms with Crippen molar-refractivity contribution < 1.29 is 14.1 Å². The van der Waals surface area contributed by atoms with Crippen molar-refractivity contribution in [3.63, 3.8) is 0 Å². The van der Waals surface area contributed by atoms with E-state index in [1.165, 1.54) is 6.92 Å². The van der Waals surface area contributed by atoms with Crippen LogP contribution in [0.2, 0.25) is 0 Å². The van der Waals surface area contributed by atoms with Crippen molar-refractivity contribution in [1.29, 1.82) is 0 Å². The summed E-state index contributed by atoms with van der Waals surface area (Å²) in [5.74, 6) is 0.759. The van der Waals surface area contributed by atoms with E-state index in [2.05, 4.69) is 33.2 Å². The molecule has 1 aliphatic rings. The maximum Gasteiger partial charge on any atom is 0.331 e. The van der Waals surface area contributed by atoms with E-state index in [0.29, 0.717) is 11.8 Å². The first-order valence-electron chi connectivity index (χ1n) is 5.82. The minimum absolute atomic E-state index is 0.338. The van der Waals surface area contributed by atoms with Crippen LogP contribution < -0.4 is 0 Å². The molecule has 0 aromatic carbocycles. The summed E-state index contributed by atoms with van der Waals surface area (Å²) in [6.07, 6.45) is 2.11. The monoisotopic (exact) mass is 227 g/mol. The lowest BCUT2D eigenvalue weighted by Gasteiger charge is -2.27. The Morgan fingerprint density at radius 3 is 2.62 bits per heavy atom. The molecule has 4 nitrogen and oxygen atoms in total. The molecule has 1 rings (SSSR count). The quantitative estimate of drug-likeness (QED) is 0.418. The number of rotatable bonds is 3. The Labute approximate surface area is 97.8 Å². The first-order chi connectivity index (χ1) is 7.28. The molecule has 4 heteroatoms. The van der Waals surface area contributed by atoms with Gasteiger partial charge in [0.2, 0.25) is 0 Å². The molecular weight excluding hydrogens is 204 g/mol. The first kappa shape index (κ1) is 13.2. The fourth-order valence-corrected chi connectivity index (χ4v) is 2.38. The summed E-state index contributed by atoms with van der Waals surface area (Å²) in [4.78, 5) is 15.4. The van der Waals surface area contributed by atoms with Gasteiger partial charge in [0.25, 0.3) is 0 Å². The van der Waals surface area contributed by atoms with E-state index in [0.717, 1.165) is 29.6 Å². The molecule has 0 saturated heterocycles. The van der Waals surface area contributed by atoms with Crippen molar-refractivity contribution in [1.82, 2.24) is 0 Å². The van der Waals surface area contributed by atoms with Crippen molar-refractivity contribution in [2.75, 3.05) is 27.7 Å². The molecule has 16 heavy (non-hydrogen) atoms. The van der Waals surface area contributed by atoms with Crippen molar-refractivity contribution in [3.05, 3.63) is 0 Å². The molecule has 0 aromatic heterocycles. The molecule has 2 atom stereocenters. The van der Waals surface area contributed by atoms with Crippen LogP contribution >= 0.6 is 0 Å². The molecule has 0 bridgehead atoms. The lowest BCUT2D eigenvalue weighted by molar-refractivity contribution is -0.873. The zero-order valence-electron chi connectivity index (χ0n) is 11.0. The second-order valence-electron chi connectivity index (χ2n) is 5.85. The van der Waals surface area contributed by atoms with E-state index in [1.807, 2.05) is 0 Å². The topological polar surface area (TPSA) is 38.7 Å². The van der Waals surface area contributed by atoms with Crippen molar-refractivity contribution in [2.45, 2.75) is 26.7 Å². The van der Waals surface area contributed by atoms with Gasteiger partial charge in [0, 0.05) is 12.8 Å². The van der Waals surface area contributed by atoms with E-state index in [-0.39, 0.29) is 5.97 Å². The molecule has 0 spiro atoms. The Morgan fingerprint density at radius 2 is 2.12 bits per heavy atom. The van der Waals surface area contributed by atoms with E-state index < -0.39 is 0 Å². The third-order valence-corrected chi connectivity index (χ3v) is 2.85. The fourth-order valence-electron chi connectivity index (χ4n) is 2.38. The number of carbonyl (C=O) groups excluding carboxylic acids is 1. The van der Waals surface area contributed by atoms with Gasteiger partial charge >= 0.3 is 5.97 Å². The van der Waals surface area contributed by atoms with Gasteiger partial charge in [-0.3, -0.25) is 0 Å². The van der Waals surface area contributed by atoms with Crippen LogP contribution in [-0.4, -0.2) is 43.9 Å². The number of oxime groups is 1. The highest BCUT2D eigenvalue weighted by molar-refractivity contribution is 5.88. The van der Waals surface area contributed by atoms with Crippen LogP contribution in [0.25, 0.3) is 0 Å². The molecule has 0 amide bonds. The average Bonchev–Trinajstić information content (AvgIpc) is 2.39. The molecule has 0 unspecified atom stereocenters. The predicted octanol–water partition coefficient (Wildman–Crippen LogP) is 1.66. The smallest absolute Gasteiger partial charge is 0.331 e. The number of hydrogen-bond donors (Lipinski definition) is 0. The molecule has 0 aliphatic heterocycles. The Kier molecular flexibility index (Phi) is 4.08. The van der Waals surface area contributed by atoms with E-state index >= 15 is 0 Å². The van der Waals surface area contributed by atoms with Crippen LogP contribution in [0.3, 0.4) is 0 Å². The Bertz CT molecular complexity index is 292. The lowest BCUT2D eigenvalue weighted by Crippen LogP contribution is -2.38. The van der Waals surface area contributed by atoms with Gasteiger partial charge in [-0.1, -0.05) is 12.1 Å². The van der Waals surface area contributed by atoms with Gasteiger partial charge in [-0.15, -0.1) is 0 Å². The van der Waals surface area contributed by atoms with Crippen molar-refractivity contribution >= 4 is 11.7 Å². The Balaban J connectivity index is 2.53. The molecule has 1 aliphatic carbocycles. The fraction of sp³-hybridized carbons (Fsp3) is 0.833. The third-order valence-electron chi connectivity index (χ3n) is 2.85. The SMILES string of the molecule is CC(=O)O/N=C1\C[C@@H](C[N+](C)(C)C)C[C@H]1C. The normalized spacial score (nSPS) is 28.4. The third kappa shape index (κ3) is 4.31. The molecule has 0 heterocycles. The minimum atomic E-state index is -0.338. The zero-order chi connectivity index (χ0) is 12.3. The molecule has 0 N–H and O–H groups in total. The second-order valence-corrected chi connectivity index (χ2v) is 5.85. The molecule has 1 fully saturated rings. The number of quaternary nitrogens is 1. The highest BCUT2D eigenvalue weighted by Crippen LogP contribution is 2.29. The van der Waals surface area contributed by atoms with E-state index in [4.69, 9.17) is 4.84 Å². The van der Waals surface area contributed by atoms with Gasteiger partial charge in [-0.2, -0.15) is 0 Å². The molecule has 1 saturated carbocycles. The van der Waals surface area contributed by atoms with Crippen molar-refractivity contribution in [2.24, 2.45) is 17.0 Å². The molecule has 0 radical (unpaired) electrons. The number of carbonyl (C=O) groups is 1. The molecular formula is C12H23N2O2+. The van der Waals surface area contributed by atoms with Gasteiger partial charge < -0.3 is 9.32 Å². The standard InChI is InChI=1S/C12H23N2O2/c1-9-6-11(8-14(3,4)5)7-12(9)13-16-10(2)15/h9,11H,6-8H2,1-5H3/q+1/b13-12+/t9-,11+/m1/s1. The van der Waals surface area contributed by atoms with E-state index in [1.54, 1.807) is 0 Å². The van der Waals surface area contributed by atoms with Crippen molar-refractivity contribution in [3.8, 4) is 0 Å². The number of nitrogens with zero attached hydrogens (tertiary/aromatic N) is 2. The van der Waals surface area contributed by atoms with Crippen LogP contribution in [0.1, 0.15) is 26.7 Å². The molecule has 0 aromatic rings. The highest BCUT2D eigenvalue weighted by Gasteiger charge is 2.31. The number of hydrogen-bond acceptors (Lipinski definition) is 3. The van der Waals surface area contributed by atoms with Gasteiger partial charge in [0.05, 0.1) is 33.4 Å². The van der Waals surface area contributed by atoms with Gasteiger partial charge in [0.1, 0.15) is 0 Å². The summed E-state index contributed by atoms with van der Waals surface area (Å²) in [5, 5.41) is 3.94. The largest absolute Gasteiger partial charge is 0.331 e. The molecule has 92 valence electrons. The predicted molar refractivity (Wildman–Crippen MR) is 64.0 cm³/mol. The average molecular weight is 227 g/mol. The Morgan fingerprint density at radius 1 is 1.50 bits per heavy atom. The summed E-state index contributed by atoms with van der Waals surface area (Å²) in [6, 6.07) is 0. The minimum Gasteiger partial charge on any atom is -0.331 e. The van der Waals surface area contributed by atoms with Crippen LogP contribution in [0.5, 0.6) is 0 Å². The first-order valence-corrected chi connectivity index (χ1v) is 5.82. The Hall–Kier alpha value is -0.900. The maximum atomic E-state index is 10.7. The summed E-state index contributed by atoms with van der Waals surface area (Å²) in [7, 11) is 6.60. The second kappa shape index (κ2) is 4.95. The highest BCUT2D eigenvalue weighted by atomic mass is 16.7. The van der Waals surface area contributed by atoms with Gasteiger partial charge in [-0.25, -0.2) is 4.79 Å². The van der Waals surface area contributed by atoms with Crippen LogP contribution in [0.4, 0.5) is 0 Å². The van der Waals surface area contributed by atoms with Gasteiger partial charge in [0.15, 0.2) is 0 Å². The summed E-state index contributed by atoms with van der Waals surface area (Å²) >= 11 is 0. The summed E-state index contributed by atoms with van der Waals surface area (Å²) in [5.41, 5.74) is 1.04. The van der Waals surface area contributed by atoms with Crippen LogP contribution in [-0.2, 0) is 9.63 Å². The lowest BCUT2D eigenvalue weighted by atomic mass is 10.1. The van der Waals surface area contributed by atoms with E-state index in [9.17, 15) is 4.79 Å². The summed E-state index contributed by atoms with van der Waals surface area (Å²) < 4.78 is 0.970.